The van der Waals surface area contributed by atoms with Crippen molar-refractivity contribution in [1.29, 1.82) is 0 Å². The minimum atomic E-state index is -0.446. The van der Waals surface area contributed by atoms with E-state index in [1.165, 1.54) is 6.07 Å². The fraction of sp³-hybridized carbons (Fsp3) is 0.385. The molecule has 1 N–H and O–H groups in total. The average molecular weight is 250 g/mol. The highest BCUT2D eigenvalue weighted by Gasteiger charge is 2.15. The lowest BCUT2D eigenvalue weighted by atomic mass is 10.2. The summed E-state index contributed by atoms with van der Waals surface area (Å²) in [4.78, 5) is 10.4. The van der Waals surface area contributed by atoms with Crippen LogP contribution in [0.25, 0.3) is 0 Å². The SMILES string of the molecule is C=CCOc1cc(CNC(C)C)ccc1[N+](=O)[O-]. The third-order valence-electron chi connectivity index (χ3n) is 2.29. The van der Waals surface area contributed by atoms with Gasteiger partial charge in [0.25, 0.3) is 0 Å². The molecule has 1 rings (SSSR count). The minimum Gasteiger partial charge on any atom is -0.483 e. The normalized spacial score (nSPS) is 10.4. The molecular formula is C13H18N2O3. The van der Waals surface area contributed by atoms with Crippen molar-refractivity contribution >= 4 is 5.69 Å². The second kappa shape index (κ2) is 6.76. The molecule has 0 heterocycles. The maximum atomic E-state index is 10.8. The number of benzene rings is 1. The highest BCUT2D eigenvalue weighted by atomic mass is 16.6. The Hall–Kier alpha value is -1.88. The van der Waals surface area contributed by atoms with Crippen LogP contribution in [0.2, 0.25) is 0 Å². The first-order chi connectivity index (χ1) is 8.54. The van der Waals surface area contributed by atoms with Gasteiger partial charge in [-0.1, -0.05) is 32.6 Å². The Morgan fingerprint density at radius 2 is 2.28 bits per heavy atom. The minimum absolute atomic E-state index is 0.0230. The van der Waals surface area contributed by atoms with Gasteiger partial charge in [0.1, 0.15) is 6.61 Å². The van der Waals surface area contributed by atoms with Gasteiger partial charge in [0.15, 0.2) is 5.75 Å². The summed E-state index contributed by atoms with van der Waals surface area (Å²) in [7, 11) is 0. The molecule has 0 atom stereocenters. The fourth-order valence-corrected chi connectivity index (χ4v) is 1.41. The lowest BCUT2D eigenvalue weighted by Gasteiger charge is -2.10. The summed E-state index contributed by atoms with van der Waals surface area (Å²) in [5, 5.41) is 14.1. The molecular weight excluding hydrogens is 232 g/mol. The summed E-state index contributed by atoms with van der Waals surface area (Å²) in [6.07, 6.45) is 1.56. The largest absolute Gasteiger partial charge is 0.483 e. The van der Waals surface area contributed by atoms with E-state index in [9.17, 15) is 10.1 Å². The molecule has 0 bridgehead atoms. The van der Waals surface area contributed by atoms with Crippen LogP contribution in [0.4, 0.5) is 5.69 Å². The molecule has 5 heteroatoms. The van der Waals surface area contributed by atoms with Crippen molar-refractivity contribution in [3.05, 3.63) is 46.5 Å². The number of hydrogen-bond donors (Lipinski definition) is 1. The zero-order valence-electron chi connectivity index (χ0n) is 10.7. The zero-order valence-corrected chi connectivity index (χ0v) is 10.7. The molecule has 0 saturated heterocycles. The van der Waals surface area contributed by atoms with Gasteiger partial charge in [-0.15, -0.1) is 0 Å². The Balaban J connectivity index is 2.89. The van der Waals surface area contributed by atoms with Gasteiger partial charge in [-0.05, 0) is 11.6 Å². The van der Waals surface area contributed by atoms with E-state index in [1.54, 1.807) is 18.2 Å². The van der Waals surface area contributed by atoms with Crippen LogP contribution in [-0.2, 0) is 6.54 Å². The average Bonchev–Trinajstić information content (AvgIpc) is 2.33. The number of hydrogen-bond acceptors (Lipinski definition) is 4. The number of rotatable bonds is 7. The molecule has 0 amide bonds. The lowest BCUT2D eigenvalue weighted by molar-refractivity contribution is -0.385. The van der Waals surface area contributed by atoms with Gasteiger partial charge < -0.3 is 10.1 Å². The molecule has 0 radical (unpaired) electrons. The monoisotopic (exact) mass is 250 g/mol. The Morgan fingerprint density at radius 1 is 1.56 bits per heavy atom. The van der Waals surface area contributed by atoms with Crippen molar-refractivity contribution in [3.63, 3.8) is 0 Å². The van der Waals surface area contributed by atoms with Crippen molar-refractivity contribution in [1.82, 2.24) is 5.32 Å². The Bertz CT molecular complexity index is 430. The second-order valence-corrected chi connectivity index (χ2v) is 4.19. The van der Waals surface area contributed by atoms with Gasteiger partial charge in [-0.25, -0.2) is 0 Å². The van der Waals surface area contributed by atoms with Crippen molar-refractivity contribution in [2.24, 2.45) is 0 Å². The third-order valence-corrected chi connectivity index (χ3v) is 2.29. The molecule has 0 fully saturated rings. The number of nitrogens with one attached hydrogen (secondary N) is 1. The van der Waals surface area contributed by atoms with Crippen molar-refractivity contribution in [2.45, 2.75) is 26.4 Å². The third kappa shape index (κ3) is 4.18. The van der Waals surface area contributed by atoms with Crippen LogP contribution in [0.15, 0.2) is 30.9 Å². The van der Waals surface area contributed by atoms with Gasteiger partial charge in [-0.2, -0.15) is 0 Å². The summed E-state index contributed by atoms with van der Waals surface area (Å²) in [5.41, 5.74) is 0.929. The Kier molecular flexibility index (Phi) is 5.32. The molecule has 0 spiro atoms. The molecule has 18 heavy (non-hydrogen) atoms. The topological polar surface area (TPSA) is 64.4 Å². The highest BCUT2D eigenvalue weighted by Crippen LogP contribution is 2.28. The quantitative estimate of drug-likeness (QED) is 0.459. The smallest absolute Gasteiger partial charge is 0.310 e. The molecule has 0 unspecified atom stereocenters. The first-order valence-electron chi connectivity index (χ1n) is 5.79. The van der Waals surface area contributed by atoms with Gasteiger partial charge in [0, 0.05) is 18.7 Å². The maximum absolute atomic E-state index is 10.8. The van der Waals surface area contributed by atoms with Gasteiger partial charge in [0.2, 0.25) is 0 Å². The van der Waals surface area contributed by atoms with E-state index in [-0.39, 0.29) is 18.0 Å². The van der Waals surface area contributed by atoms with Gasteiger partial charge in [-0.3, -0.25) is 10.1 Å². The van der Waals surface area contributed by atoms with E-state index >= 15 is 0 Å². The molecule has 1 aromatic rings. The predicted molar refractivity (Wildman–Crippen MR) is 70.8 cm³/mol. The van der Waals surface area contributed by atoms with Crippen molar-refractivity contribution in [3.8, 4) is 5.75 Å². The number of nitro groups is 1. The number of nitro benzene ring substituents is 1. The molecule has 0 aliphatic carbocycles. The van der Waals surface area contributed by atoms with Crippen LogP contribution >= 0.6 is 0 Å². The predicted octanol–water partition coefficient (Wildman–Crippen LogP) is 2.66. The lowest BCUT2D eigenvalue weighted by Crippen LogP contribution is -2.21. The first kappa shape index (κ1) is 14.2. The van der Waals surface area contributed by atoms with Crippen molar-refractivity contribution in [2.75, 3.05) is 6.61 Å². The fourth-order valence-electron chi connectivity index (χ4n) is 1.41. The summed E-state index contributed by atoms with van der Waals surface area (Å²) >= 11 is 0. The van der Waals surface area contributed by atoms with Gasteiger partial charge in [0.05, 0.1) is 4.92 Å². The van der Waals surface area contributed by atoms with Crippen molar-refractivity contribution < 1.29 is 9.66 Å². The second-order valence-electron chi connectivity index (χ2n) is 4.19. The molecule has 0 aromatic heterocycles. The van der Waals surface area contributed by atoms with E-state index in [0.29, 0.717) is 12.6 Å². The summed E-state index contributed by atoms with van der Waals surface area (Å²) in [6, 6.07) is 5.25. The van der Waals surface area contributed by atoms with Crippen LogP contribution in [0.3, 0.4) is 0 Å². The van der Waals surface area contributed by atoms with Crippen LogP contribution in [0.5, 0.6) is 5.75 Å². The van der Waals surface area contributed by atoms with E-state index < -0.39 is 4.92 Å². The summed E-state index contributed by atoms with van der Waals surface area (Å²) in [6.45, 7) is 8.51. The first-order valence-corrected chi connectivity index (χ1v) is 5.79. The summed E-state index contributed by atoms with van der Waals surface area (Å²) in [5.74, 6) is 0.281. The summed E-state index contributed by atoms with van der Waals surface area (Å²) < 4.78 is 5.31. The number of ether oxygens (including phenoxy) is 1. The molecule has 0 aliphatic heterocycles. The molecule has 1 aromatic carbocycles. The number of nitrogens with zero attached hydrogens (tertiary/aromatic N) is 1. The van der Waals surface area contributed by atoms with E-state index in [0.717, 1.165) is 5.56 Å². The Labute approximate surface area is 107 Å². The molecule has 0 saturated carbocycles. The Morgan fingerprint density at radius 3 is 2.83 bits per heavy atom. The standard InChI is InChI=1S/C13H18N2O3/c1-4-7-18-13-8-11(9-14-10(2)3)5-6-12(13)15(16)17/h4-6,8,10,14H,1,7,9H2,2-3H3. The molecule has 98 valence electrons. The van der Waals surface area contributed by atoms with E-state index in [2.05, 4.69) is 11.9 Å². The van der Waals surface area contributed by atoms with Crippen LogP contribution < -0.4 is 10.1 Å². The molecule has 0 aliphatic rings. The molecule has 5 nitrogen and oxygen atoms in total. The maximum Gasteiger partial charge on any atom is 0.310 e. The van der Waals surface area contributed by atoms with Crippen LogP contribution in [-0.4, -0.2) is 17.6 Å². The van der Waals surface area contributed by atoms with Crippen LogP contribution in [0, 0.1) is 10.1 Å². The highest BCUT2D eigenvalue weighted by molar-refractivity contribution is 5.48. The van der Waals surface area contributed by atoms with E-state index in [1.807, 2.05) is 13.8 Å². The van der Waals surface area contributed by atoms with E-state index in [4.69, 9.17) is 4.74 Å². The van der Waals surface area contributed by atoms with Crippen LogP contribution in [0.1, 0.15) is 19.4 Å². The van der Waals surface area contributed by atoms with Gasteiger partial charge >= 0.3 is 5.69 Å². The zero-order chi connectivity index (χ0) is 13.5.